The number of hydrogen-bond donors (Lipinski definition) is 3. The number of aromatic nitrogens is 4. The number of nitrogens with one attached hydrogen (secondary N) is 2. The lowest BCUT2D eigenvalue weighted by molar-refractivity contribution is 0.0949. The topological polar surface area (TPSA) is 142 Å². The maximum absolute atomic E-state index is 14.4. The SMILES string of the molecule is C[C@H](Nc1ncnc(N)c1C#N)c1nc2cccc(F)c2cc1C(=O)NCc1cccnc1. The lowest BCUT2D eigenvalue weighted by atomic mass is 10.0. The fraction of sp³-hybridized carbons (Fsp3) is 0.130. The van der Waals surface area contributed by atoms with Gasteiger partial charge in [0.15, 0.2) is 0 Å². The quantitative estimate of drug-likeness (QED) is 0.413. The van der Waals surface area contributed by atoms with Crippen molar-refractivity contribution in [2.45, 2.75) is 19.5 Å². The number of carbonyl (C=O) groups excluding carboxylic acids is 1. The van der Waals surface area contributed by atoms with Gasteiger partial charge in [-0.25, -0.2) is 19.3 Å². The molecular formula is C23H19FN8O. The third-order valence-electron chi connectivity index (χ3n) is 5.01. The van der Waals surface area contributed by atoms with Crippen LogP contribution in [0.3, 0.4) is 0 Å². The average Bonchev–Trinajstić information content (AvgIpc) is 2.83. The van der Waals surface area contributed by atoms with Gasteiger partial charge in [-0.05, 0) is 36.8 Å². The summed E-state index contributed by atoms with van der Waals surface area (Å²) in [4.78, 5) is 29.6. The third-order valence-corrected chi connectivity index (χ3v) is 5.01. The Morgan fingerprint density at radius 2 is 2.12 bits per heavy atom. The van der Waals surface area contributed by atoms with Gasteiger partial charge < -0.3 is 16.4 Å². The standard InChI is InChI=1S/C23H19FN8O/c1-13(31-22-17(9-25)21(26)29-12-30-22)20-16(8-15-18(24)5-2-6-19(15)32-20)23(33)28-11-14-4-3-7-27-10-14/h2-8,10,12-13H,11H2,1H3,(H,28,33)(H3,26,29,30,31)/t13-/m0/s1. The maximum Gasteiger partial charge on any atom is 0.253 e. The predicted molar refractivity (Wildman–Crippen MR) is 120 cm³/mol. The molecular weight excluding hydrogens is 423 g/mol. The lowest BCUT2D eigenvalue weighted by Gasteiger charge is -2.19. The van der Waals surface area contributed by atoms with Gasteiger partial charge in [-0.1, -0.05) is 12.1 Å². The van der Waals surface area contributed by atoms with Crippen LogP contribution in [0.4, 0.5) is 16.0 Å². The summed E-state index contributed by atoms with van der Waals surface area (Å²) >= 11 is 0. The van der Waals surface area contributed by atoms with Gasteiger partial charge in [0.25, 0.3) is 5.91 Å². The molecule has 0 saturated heterocycles. The molecule has 10 heteroatoms. The molecule has 0 unspecified atom stereocenters. The molecule has 0 aliphatic heterocycles. The summed E-state index contributed by atoms with van der Waals surface area (Å²) in [6.07, 6.45) is 4.52. The molecule has 0 saturated carbocycles. The van der Waals surface area contributed by atoms with Crippen molar-refractivity contribution in [3.63, 3.8) is 0 Å². The molecule has 4 aromatic rings. The van der Waals surface area contributed by atoms with Crippen LogP contribution in [0.2, 0.25) is 0 Å². The Labute approximate surface area is 188 Å². The second-order valence-corrected chi connectivity index (χ2v) is 7.23. The van der Waals surface area contributed by atoms with Gasteiger partial charge in [0.2, 0.25) is 0 Å². The van der Waals surface area contributed by atoms with Crippen molar-refractivity contribution in [1.82, 2.24) is 25.3 Å². The molecule has 4 rings (SSSR count). The lowest BCUT2D eigenvalue weighted by Crippen LogP contribution is -2.26. The number of carbonyl (C=O) groups is 1. The summed E-state index contributed by atoms with van der Waals surface area (Å²) in [6.45, 7) is 2.00. The molecule has 164 valence electrons. The minimum Gasteiger partial charge on any atom is -0.382 e. The Kier molecular flexibility index (Phi) is 6.04. The minimum atomic E-state index is -0.571. The predicted octanol–water partition coefficient (Wildman–Crippen LogP) is 3.12. The second kappa shape index (κ2) is 9.23. The molecule has 33 heavy (non-hydrogen) atoms. The van der Waals surface area contributed by atoms with Crippen molar-refractivity contribution in [2.75, 3.05) is 11.1 Å². The Morgan fingerprint density at radius 3 is 2.88 bits per heavy atom. The van der Waals surface area contributed by atoms with E-state index in [1.165, 1.54) is 18.5 Å². The number of fused-ring (bicyclic) bond motifs is 1. The Morgan fingerprint density at radius 1 is 1.27 bits per heavy atom. The van der Waals surface area contributed by atoms with Crippen molar-refractivity contribution >= 4 is 28.4 Å². The first-order chi connectivity index (χ1) is 16.0. The normalized spacial score (nSPS) is 11.5. The first-order valence-electron chi connectivity index (χ1n) is 10.0. The molecule has 0 radical (unpaired) electrons. The van der Waals surface area contributed by atoms with Crippen LogP contribution in [0.5, 0.6) is 0 Å². The van der Waals surface area contributed by atoms with E-state index in [2.05, 4.69) is 30.6 Å². The van der Waals surface area contributed by atoms with Crippen molar-refractivity contribution in [2.24, 2.45) is 0 Å². The number of nitrogen functional groups attached to an aromatic ring is 1. The molecule has 1 amide bonds. The van der Waals surface area contributed by atoms with Crippen LogP contribution in [0.15, 0.2) is 55.1 Å². The number of benzene rings is 1. The summed E-state index contributed by atoms with van der Waals surface area (Å²) in [5, 5.41) is 15.5. The van der Waals surface area contributed by atoms with E-state index in [0.717, 1.165) is 5.56 Å². The number of nitrogens with zero attached hydrogens (tertiary/aromatic N) is 5. The zero-order valence-electron chi connectivity index (χ0n) is 17.6. The zero-order valence-corrected chi connectivity index (χ0v) is 17.6. The van der Waals surface area contributed by atoms with E-state index in [4.69, 9.17) is 5.73 Å². The molecule has 0 spiro atoms. The van der Waals surface area contributed by atoms with Crippen molar-refractivity contribution in [3.05, 3.63) is 83.3 Å². The van der Waals surface area contributed by atoms with Gasteiger partial charge in [0, 0.05) is 24.3 Å². The van der Waals surface area contributed by atoms with E-state index in [1.54, 1.807) is 37.5 Å². The maximum atomic E-state index is 14.4. The summed E-state index contributed by atoms with van der Waals surface area (Å²) in [5.74, 6) is -0.669. The molecule has 0 aliphatic carbocycles. The van der Waals surface area contributed by atoms with E-state index in [-0.39, 0.29) is 34.7 Å². The van der Waals surface area contributed by atoms with Crippen LogP contribution in [0.1, 0.15) is 40.1 Å². The zero-order chi connectivity index (χ0) is 23.4. The number of halogens is 1. The Hall–Kier alpha value is -4.65. The van der Waals surface area contributed by atoms with Crippen LogP contribution < -0.4 is 16.4 Å². The molecule has 1 aromatic carbocycles. The fourth-order valence-corrected chi connectivity index (χ4v) is 3.36. The minimum absolute atomic E-state index is 0.0326. The van der Waals surface area contributed by atoms with Crippen LogP contribution in [0.25, 0.3) is 10.9 Å². The van der Waals surface area contributed by atoms with Crippen LogP contribution in [-0.4, -0.2) is 25.8 Å². The van der Waals surface area contributed by atoms with Crippen molar-refractivity contribution < 1.29 is 9.18 Å². The highest BCUT2D eigenvalue weighted by atomic mass is 19.1. The number of hydrogen-bond acceptors (Lipinski definition) is 8. The Balaban J connectivity index is 1.72. The second-order valence-electron chi connectivity index (χ2n) is 7.23. The molecule has 0 fully saturated rings. The highest BCUT2D eigenvalue weighted by Gasteiger charge is 2.22. The molecule has 0 aliphatic rings. The number of nitriles is 1. The number of anilines is 2. The highest BCUT2D eigenvalue weighted by Crippen LogP contribution is 2.27. The van der Waals surface area contributed by atoms with Crippen LogP contribution in [0, 0.1) is 17.1 Å². The van der Waals surface area contributed by atoms with Crippen molar-refractivity contribution in [3.8, 4) is 6.07 Å². The molecule has 4 N–H and O–H groups in total. The van der Waals surface area contributed by atoms with Gasteiger partial charge in [-0.2, -0.15) is 5.26 Å². The molecule has 0 bridgehead atoms. The van der Waals surface area contributed by atoms with E-state index in [1.807, 2.05) is 12.1 Å². The third kappa shape index (κ3) is 4.52. The van der Waals surface area contributed by atoms with E-state index < -0.39 is 17.8 Å². The summed E-state index contributed by atoms with van der Waals surface area (Å²) in [6, 6.07) is 11.0. The van der Waals surface area contributed by atoms with Crippen LogP contribution in [-0.2, 0) is 6.54 Å². The molecule has 3 heterocycles. The van der Waals surface area contributed by atoms with Gasteiger partial charge in [0.1, 0.15) is 35.4 Å². The average molecular weight is 442 g/mol. The van der Waals surface area contributed by atoms with E-state index in [9.17, 15) is 14.4 Å². The van der Waals surface area contributed by atoms with Gasteiger partial charge in [-0.3, -0.25) is 9.78 Å². The van der Waals surface area contributed by atoms with E-state index >= 15 is 0 Å². The number of amides is 1. The van der Waals surface area contributed by atoms with Gasteiger partial charge in [0.05, 0.1) is 22.8 Å². The van der Waals surface area contributed by atoms with Gasteiger partial charge >= 0.3 is 0 Å². The fourth-order valence-electron chi connectivity index (χ4n) is 3.36. The first kappa shape index (κ1) is 21.6. The number of rotatable bonds is 6. The summed E-state index contributed by atoms with van der Waals surface area (Å²) in [5.41, 5.74) is 7.61. The molecule has 9 nitrogen and oxygen atoms in total. The summed E-state index contributed by atoms with van der Waals surface area (Å²) in [7, 11) is 0. The number of pyridine rings is 2. The Bertz CT molecular complexity index is 1370. The molecule has 3 aromatic heterocycles. The highest BCUT2D eigenvalue weighted by molar-refractivity contribution is 5.99. The first-order valence-corrected chi connectivity index (χ1v) is 10.0. The summed E-state index contributed by atoms with van der Waals surface area (Å²) < 4.78 is 14.4. The van der Waals surface area contributed by atoms with Gasteiger partial charge in [-0.15, -0.1) is 0 Å². The van der Waals surface area contributed by atoms with Crippen LogP contribution >= 0.6 is 0 Å². The van der Waals surface area contributed by atoms with E-state index in [0.29, 0.717) is 11.2 Å². The largest absolute Gasteiger partial charge is 0.382 e. The number of nitrogens with two attached hydrogens (primary N) is 1. The van der Waals surface area contributed by atoms with Crippen molar-refractivity contribution in [1.29, 1.82) is 5.26 Å². The smallest absolute Gasteiger partial charge is 0.253 e. The monoisotopic (exact) mass is 442 g/mol. The molecule has 1 atom stereocenters.